The Kier molecular flexibility index (Phi) is 2.83. The summed E-state index contributed by atoms with van der Waals surface area (Å²) in [7, 11) is 1.37. The van der Waals surface area contributed by atoms with Crippen LogP contribution in [0.5, 0.6) is 0 Å². The fourth-order valence-electron chi connectivity index (χ4n) is 0.808. The van der Waals surface area contributed by atoms with Gasteiger partial charge in [-0.3, -0.25) is 0 Å². The Labute approximate surface area is 75.1 Å². The fraction of sp³-hybridized carbons (Fsp3) is 0.375. The quantitative estimate of drug-likeness (QED) is 0.711. The first-order chi connectivity index (χ1) is 5.65. The molecule has 0 fully saturated rings. The van der Waals surface area contributed by atoms with Crippen molar-refractivity contribution >= 4 is 17.3 Å². The number of rotatable bonds is 2. The lowest BCUT2D eigenvalue weighted by Gasteiger charge is -1.98. The van der Waals surface area contributed by atoms with E-state index in [4.69, 9.17) is 5.73 Å². The zero-order chi connectivity index (χ0) is 9.14. The van der Waals surface area contributed by atoms with Gasteiger partial charge >= 0.3 is 5.97 Å². The summed E-state index contributed by atoms with van der Waals surface area (Å²) < 4.78 is 4.56. The lowest BCUT2D eigenvalue weighted by molar-refractivity contribution is 0.0606. The van der Waals surface area contributed by atoms with Crippen molar-refractivity contribution in [1.82, 2.24) is 0 Å². The number of thiophene rings is 1. The number of carbonyl (C=O) groups is 1. The summed E-state index contributed by atoms with van der Waals surface area (Å²) in [6, 6.07) is 3.56. The normalized spacial score (nSPS) is 12.6. The summed E-state index contributed by atoms with van der Waals surface area (Å²) in [6.07, 6.45) is 0. The molecule has 0 aliphatic carbocycles. The van der Waals surface area contributed by atoms with Gasteiger partial charge in [-0.05, 0) is 19.1 Å². The predicted octanol–water partition coefficient (Wildman–Crippen LogP) is 1.55. The monoisotopic (exact) mass is 185 g/mol. The first-order valence-corrected chi connectivity index (χ1v) is 4.40. The Bertz CT molecular complexity index is 280. The average Bonchev–Trinajstić information content (AvgIpc) is 2.51. The van der Waals surface area contributed by atoms with Crippen LogP contribution >= 0.6 is 11.3 Å². The van der Waals surface area contributed by atoms with Crippen molar-refractivity contribution in [3.8, 4) is 0 Å². The van der Waals surface area contributed by atoms with Crippen molar-refractivity contribution in [3.05, 3.63) is 21.9 Å². The average molecular weight is 185 g/mol. The molecular weight excluding hydrogens is 174 g/mol. The van der Waals surface area contributed by atoms with Gasteiger partial charge in [0.2, 0.25) is 0 Å². The highest BCUT2D eigenvalue weighted by Crippen LogP contribution is 2.21. The van der Waals surface area contributed by atoms with E-state index in [1.54, 1.807) is 6.07 Å². The number of hydrogen-bond acceptors (Lipinski definition) is 4. The third kappa shape index (κ3) is 1.84. The molecule has 12 heavy (non-hydrogen) atoms. The molecule has 1 aromatic rings. The third-order valence-corrected chi connectivity index (χ3v) is 2.73. The molecule has 0 saturated heterocycles. The predicted molar refractivity (Wildman–Crippen MR) is 48.3 cm³/mol. The van der Waals surface area contributed by atoms with Crippen LogP contribution in [0.15, 0.2) is 12.1 Å². The summed E-state index contributed by atoms with van der Waals surface area (Å²) in [5, 5.41) is 0. The van der Waals surface area contributed by atoms with Crippen LogP contribution in [0.2, 0.25) is 0 Å². The van der Waals surface area contributed by atoms with E-state index < -0.39 is 0 Å². The summed E-state index contributed by atoms with van der Waals surface area (Å²) in [5.74, 6) is -0.299. The van der Waals surface area contributed by atoms with Crippen LogP contribution in [0.25, 0.3) is 0 Å². The van der Waals surface area contributed by atoms with Crippen LogP contribution < -0.4 is 5.73 Å². The highest BCUT2D eigenvalue weighted by atomic mass is 32.1. The van der Waals surface area contributed by atoms with Crippen LogP contribution in [0.3, 0.4) is 0 Å². The van der Waals surface area contributed by atoms with Gasteiger partial charge < -0.3 is 10.5 Å². The van der Waals surface area contributed by atoms with Crippen molar-refractivity contribution in [2.45, 2.75) is 13.0 Å². The molecule has 1 heterocycles. The highest BCUT2D eigenvalue weighted by Gasteiger charge is 2.10. The van der Waals surface area contributed by atoms with Gasteiger partial charge in [0, 0.05) is 10.9 Å². The molecule has 2 N–H and O–H groups in total. The van der Waals surface area contributed by atoms with E-state index in [1.165, 1.54) is 18.4 Å². The van der Waals surface area contributed by atoms with Crippen LogP contribution in [0, 0.1) is 0 Å². The molecule has 0 aliphatic heterocycles. The minimum absolute atomic E-state index is 0.0200. The van der Waals surface area contributed by atoms with Gasteiger partial charge in [-0.25, -0.2) is 4.79 Å². The first kappa shape index (κ1) is 9.22. The summed E-state index contributed by atoms with van der Waals surface area (Å²) >= 11 is 1.37. The van der Waals surface area contributed by atoms with Crippen LogP contribution in [-0.2, 0) is 4.74 Å². The molecule has 1 rings (SSSR count). The molecule has 0 aromatic carbocycles. The molecule has 0 saturated carbocycles. The van der Waals surface area contributed by atoms with Crippen molar-refractivity contribution in [3.63, 3.8) is 0 Å². The van der Waals surface area contributed by atoms with Gasteiger partial charge in [0.25, 0.3) is 0 Å². The molecular formula is C8H11NO2S. The number of nitrogens with two attached hydrogens (primary N) is 1. The van der Waals surface area contributed by atoms with Gasteiger partial charge in [-0.2, -0.15) is 0 Å². The van der Waals surface area contributed by atoms with Gasteiger partial charge in [0.15, 0.2) is 0 Å². The Balaban J connectivity index is 2.84. The topological polar surface area (TPSA) is 52.3 Å². The van der Waals surface area contributed by atoms with E-state index in [9.17, 15) is 4.79 Å². The summed E-state index contributed by atoms with van der Waals surface area (Å²) in [5.41, 5.74) is 5.63. The number of esters is 1. The number of hydrogen-bond donors (Lipinski definition) is 1. The van der Waals surface area contributed by atoms with Crippen molar-refractivity contribution in [2.24, 2.45) is 5.73 Å². The zero-order valence-electron chi connectivity index (χ0n) is 7.03. The Morgan fingerprint density at radius 3 is 2.75 bits per heavy atom. The van der Waals surface area contributed by atoms with E-state index in [0.29, 0.717) is 4.88 Å². The fourth-order valence-corrected chi connectivity index (χ4v) is 1.69. The van der Waals surface area contributed by atoms with Gasteiger partial charge in [0.05, 0.1) is 7.11 Å². The number of methoxy groups -OCH3 is 1. The molecule has 66 valence electrons. The Morgan fingerprint density at radius 2 is 2.33 bits per heavy atom. The molecule has 1 unspecified atom stereocenters. The standard InChI is InChI=1S/C8H11NO2S/c1-5(9)6-3-4-7(12-6)8(10)11-2/h3-5H,9H2,1-2H3. The van der Waals surface area contributed by atoms with Crippen LogP contribution in [0.1, 0.15) is 27.5 Å². The van der Waals surface area contributed by atoms with Crippen LogP contribution in [-0.4, -0.2) is 13.1 Å². The molecule has 3 nitrogen and oxygen atoms in total. The number of ether oxygens (including phenoxy) is 1. The maximum Gasteiger partial charge on any atom is 0.348 e. The minimum Gasteiger partial charge on any atom is -0.465 e. The van der Waals surface area contributed by atoms with Crippen molar-refractivity contribution < 1.29 is 9.53 Å². The lowest BCUT2D eigenvalue weighted by atomic mass is 10.3. The molecule has 0 aliphatic rings. The van der Waals surface area contributed by atoms with Gasteiger partial charge in [0.1, 0.15) is 4.88 Å². The van der Waals surface area contributed by atoms with E-state index in [1.807, 2.05) is 13.0 Å². The van der Waals surface area contributed by atoms with Crippen molar-refractivity contribution in [2.75, 3.05) is 7.11 Å². The second-order valence-corrected chi connectivity index (χ2v) is 3.60. The van der Waals surface area contributed by atoms with Gasteiger partial charge in [-0.1, -0.05) is 0 Å². The van der Waals surface area contributed by atoms with Crippen LogP contribution in [0.4, 0.5) is 0 Å². The lowest BCUT2D eigenvalue weighted by Crippen LogP contribution is -2.02. The Hall–Kier alpha value is -0.870. The van der Waals surface area contributed by atoms with Crippen molar-refractivity contribution in [1.29, 1.82) is 0 Å². The van der Waals surface area contributed by atoms with E-state index in [2.05, 4.69) is 4.74 Å². The smallest absolute Gasteiger partial charge is 0.348 e. The molecule has 0 amide bonds. The largest absolute Gasteiger partial charge is 0.465 e. The molecule has 0 radical (unpaired) electrons. The number of carbonyl (C=O) groups excluding carboxylic acids is 1. The third-order valence-electron chi connectivity index (χ3n) is 1.46. The highest BCUT2D eigenvalue weighted by molar-refractivity contribution is 7.14. The van der Waals surface area contributed by atoms with E-state index in [0.717, 1.165) is 4.88 Å². The SMILES string of the molecule is COC(=O)c1ccc(C(C)N)s1. The second-order valence-electron chi connectivity index (χ2n) is 2.48. The second kappa shape index (κ2) is 3.69. The molecule has 0 spiro atoms. The Morgan fingerprint density at radius 1 is 1.67 bits per heavy atom. The molecule has 4 heteroatoms. The molecule has 1 aromatic heterocycles. The zero-order valence-corrected chi connectivity index (χ0v) is 7.85. The van der Waals surface area contributed by atoms with Gasteiger partial charge in [-0.15, -0.1) is 11.3 Å². The summed E-state index contributed by atoms with van der Waals surface area (Å²) in [6.45, 7) is 1.88. The maximum atomic E-state index is 11.0. The molecule has 1 atom stereocenters. The first-order valence-electron chi connectivity index (χ1n) is 3.58. The van der Waals surface area contributed by atoms with E-state index >= 15 is 0 Å². The minimum atomic E-state index is -0.299. The van der Waals surface area contributed by atoms with E-state index in [-0.39, 0.29) is 12.0 Å². The summed E-state index contributed by atoms with van der Waals surface area (Å²) in [4.78, 5) is 12.6. The maximum absolute atomic E-state index is 11.0. The molecule has 0 bridgehead atoms.